The van der Waals surface area contributed by atoms with E-state index in [2.05, 4.69) is 50.0 Å². The fourth-order valence-electron chi connectivity index (χ4n) is 2.23. The molecule has 0 fully saturated rings. The van der Waals surface area contributed by atoms with Crippen molar-refractivity contribution in [2.75, 3.05) is 0 Å². The molecule has 84 valence electrons. The molecule has 16 heavy (non-hydrogen) atoms. The van der Waals surface area contributed by atoms with Gasteiger partial charge in [0.1, 0.15) is 0 Å². The van der Waals surface area contributed by atoms with E-state index < -0.39 is 0 Å². The van der Waals surface area contributed by atoms with Crippen LogP contribution in [-0.2, 0) is 11.8 Å². The predicted molar refractivity (Wildman–Crippen MR) is 67.6 cm³/mol. The maximum atomic E-state index is 4.31. The van der Waals surface area contributed by atoms with Crippen LogP contribution >= 0.6 is 0 Å². The summed E-state index contributed by atoms with van der Waals surface area (Å²) in [5.74, 6) is 0. The number of rotatable bonds is 1. The van der Waals surface area contributed by atoms with Crippen LogP contribution in [0.1, 0.15) is 38.8 Å². The zero-order chi connectivity index (χ0) is 11.8. The summed E-state index contributed by atoms with van der Waals surface area (Å²) in [6.45, 7) is 8.88. The lowest BCUT2D eigenvalue weighted by molar-refractivity contribution is 0.587. The van der Waals surface area contributed by atoms with Gasteiger partial charge in [0.05, 0.1) is 11.7 Å². The minimum absolute atomic E-state index is 0.112. The smallest absolute Gasteiger partial charge is 0.0969 e. The van der Waals surface area contributed by atoms with Crippen LogP contribution in [0.4, 0.5) is 0 Å². The Balaban J connectivity index is 2.84. The first kappa shape index (κ1) is 11.1. The molecule has 1 heterocycles. The molecule has 2 heteroatoms. The van der Waals surface area contributed by atoms with E-state index in [1.807, 2.05) is 6.07 Å². The Morgan fingerprint density at radius 3 is 2.50 bits per heavy atom. The van der Waals surface area contributed by atoms with Gasteiger partial charge >= 0.3 is 0 Å². The molecule has 0 atom stereocenters. The van der Waals surface area contributed by atoms with Crippen molar-refractivity contribution < 1.29 is 0 Å². The van der Waals surface area contributed by atoms with Gasteiger partial charge in [-0.05, 0) is 29.0 Å². The second kappa shape index (κ2) is 3.85. The van der Waals surface area contributed by atoms with Gasteiger partial charge in [0.25, 0.3) is 0 Å². The number of nitrogens with zero attached hydrogens (tertiary/aromatic N) is 2. The summed E-state index contributed by atoms with van der Waals surface area (Å²) in [6, 6.07) is 6.37. The van der Waals surface area contributed by atoms with E-state index in [1.54, 1.807) is 6.20 Å². The Hall–Kier alpha value is -1.44. The number of hydrogen-bond donors (Lipinski definition) is 0. The maximum Gasteiger partial charge on any atom is 0.0969 e. The van der Waals surface area contributed by atoms with Gasteiger partial charge in [0.2, 0.25) is 0 Å². The molecular weight excluding hydrogens is 196 g/mol. The number of aryl methyl sites for hydroxylation is 1. The van der Waals surface area contributed by atoms with Crippen LogP contribution in [0, 0.1) is 0 Å². The van der Waals surface area contributed by atoms with Gasteiger partial charge < -0.3 is 0 Å². The van der Waals surface area contributed by atoms with Gasteiger partial charge in [-0.1, -0.05) is 39.8 Å². The molecule has 0 N–H and O–H groups in total. The molecule has 0 aliphatic carbocycles. The molecule has 0 saturated carbocycles. The average Bonchev–Trinajstić information content (AvgIpc) is 2.26. The standard InChI is InChI=1S/C14H18N2/c1-5-10-6-7-11-8-9-15-16-13(11)12(10)14(2,3)4/h6-9H,5H2,1-4H3. The maximum absolute atomic E-state index is 4.31. The molecule has 0 bridgehead atoms. The quantitative estimate of drug-likeness (QED) is 0.726. The normalized spacial score (nSPS) is 12.0. The highest BCUT2D eigenvalue weighted by atomic mass is 15.1. The molecule has 0 amide bonds. The van der Waals surface area contributed by atoms with Crippen molar-refractivity contribution in [3.63, 3.8) is 0 Å². The molecule has 0 unspecified atom stereocenters. The Labute approximate surface area is 96.7 Å². The largest absolute Gasteiger partial charge is 0.159 e. The third-order valence-electron chi connectivity index (χ3n) is 2.90. The Morgan fingerprint density at radius 1 is 1.12 bits per heavy atom. The summed E-state index contributed by atoms with van der Waals surface area (Å²) in [7, 11) is 0. The van der Waals surface area contributed by atoms with E-state index in [9.17, 15) is 0 Å². The minimum atomic E-state index is 0.112. The molecule has 2 rings (SSSR count). The van der Waals surface area contributed by atoms with Crippen molar-refractivity contribution in [1.82, 2.24) is 10.2 Å². The van der Waals surface area contributed by atoms with E-state index in [4.69, 9.17) is 0 Å². The molecule has 0 saturated heterocycles. The van der Waals surface area contributed by atoms with Crippen molar-refractivity contribution in [3.05, 3.63) is 35.5 Å². The summed E-state index contributed by atoms with van der Waals surface area (Å²) < 4.78 is 0. The fourth-order valence-corrected chi connectivity index (χ4v) is 2.23. The molecule has 2 nitrogen and oxygen atoms in total. The van der Waals surface area contributed by atoms with Gasteiger partial charge in [-0.2, -0.15) is 10.2 Å². The molecule has 2 aromatic rings. The summed E-state index contributed by atoms with van der Waals surface area (Å²) in [4.78, 5) is 0. The number of hydrogen-bond acceptors (Lipinski definition) is 2. The van der Waals surface area contributed by atoms with Gasteiger partial charge in [-0.25, -0.2) is 0 Å². The fraction of sp³-hybridized carbons (Fsp3) is 0.429. The molecule has 0 spiro atoms. The number of aromatic nitrogens is 2. The van der Waals surface area contributed by atoms with Gasteiger partial charge in [-0.15, -0.1) is 0 Å². The van der Waals surface area contributed by atoms with Crippen molar-refractivity contribution in [3.8, 4) is 0 Å². The van der Waals surface area contributed by atoms with Crippen LogP contribution in [0.15, 0.2) is 24.4 Å². The minimum Gasteiger partial charge on any atom is -0.159 e. The highest BCUT2D eigenvalue weighted by molar-refractivity contribution is 5.83. The van der Waals surface area contributed by atoms with Crippen LogP contribution in [0.3, 0.4) is 0 Å². The summed E-state index contributed by atoms with van der Waals surface area (Å²) in [5.41, 5.74) is 3.87. The second-order valence-electron chi connectivity index (χ2n) is 5.17. The van der Waals surface area contributed by atoms with E-state index in [1.165, 1.54) is 16.5 Å². The topological polar surface area (TPSA) is 25.8 Å². The summed E-state index contributed by atoms with van der Waals surface area (Å²) >= 11 is 0. The lowest BCUT2D eigenvalue weighted by Crippen LogP contribution is -2.15. The Bertz CT molecular complexity index is 510. The third-order valence-corrected chi connectivity index (χ3v) is 2.90. The number of benzene rings is 1. The lowest BCUT2D eigenvalue weighted by Gasteiger charge is -2.23. The average molecular weight is 214 g/mol. The van der Waals surface area contributed by atoms with Crippen LogP contribution in [-0.4, -0.2) is 10.2 Å². The Morgan fingerprint density at radius 2 is 1.88 bits per heavy atom. The highest BCUT2D eigenvalue weighted by Crippen LogP contribution is 2.31. The first-order valence-corrected chi connectivity index (χ1v) is 5.78. The molecule has 0 aliphatic heterocycles. The zero-order valence-corrected chi connectivity index (χ0v) is 10.4. The first-order chi connectivity index (χ1) is 7.54. The third kappa shape index (κ3) is 1.80. The van der Waals surface area contributed by atoms with Crippen LogP contribution in [0.2, 0.25) is 0 Å². The van der Waals surface area contributed by atoms with Crippen molar-refractivity contribution >= 4 is 10.9 Å². The van der Waals surface area contributed by atoms with Crippen LogP contribution in [0.5, 0.6) is 0 Å². The van der Waals surface area contributed by atoms with Crippen LogP contribution in [0.25, 0.3) is 10.9 Å². The van der Waals surface area contributed by atoms with Crippen molar-refractivity contribution in [2.45, 2.75) is 39.5 Å². The zero-order valence-electron chi connectivity index (χ0n) is 10.4. The van der Waals surface area contributed by atoms with E-state index in [0.29, 0.717) is 0 Å². The summed E-state index contributed by atoms with van der Waals surface area (Å²) in [5, 5.41) is 9.50. The molecular formula is C14H18N2. The molecule has 1 aromatic carbocycles. The second-order valence-corrected chi connectivity index (χ2v) is 5.17. The van der Waals surface area contributed by atoms with Crippen LogP contribution < -0.4 is 0 Å². The van der Waals surface area contributed by atoms with Gasteiger partial charge in [-0.3, -0.25) is 0 Å². The SMILES string of the molecule is CCc1ccc2ccnnc2c1C(C)(C)C. The highest BCUT2D eigenvalue weighted by Gasteiger charge is 2.21. The van der Waals surface area contributed by atoms with Crippen molar-refractivity contribution in [1.29, 1.82) is 0 Å². The molecule has 1 aromatic heterocycles. The van der Waals surface area contributed by atoms with Crippen molar-refractivity contribution in [2.24, 2.45) is 0 Å². The van der Waals surface area contributed by atoms with Gasteiger partial charge in [0.15, 0.2) is 0 Å². The van der Waals surface area contributed by atoms with E-state index >= 15 is 0 Å². The lowest BCUT2D eigenvalue weighted by atomic mass is 9.81. The van der Waals surface area contributed by atoms with E-state index in [-0.39, 0.29) is 5.41 Å². The van der Waals surface area contributed by atoms with Gasteiger partial charge in [0, 0.05) is 5.39 Å². The molecule has 0 radical (unpaired) electrons. The van der Waals surface area contributed by atoms with E-state index in [0.717, 1.165) is 11.9 Å². The monoisotopic (exact) mass is 214 g/mol. The number of fused-ring (bicyclic) bond motifs is 1. The first-order valence-electron chi connectivity index (χ1n) is 5.78. The Kier molecular flexibility index (Phi) is 2.66. The summed E-state index contributed by atoms with van der Waals surface area (Å²) in [6.07, 6.45) is 2.79. The predicted octanol–water partition coefficient (Wildman–Crippen LogP) is 3.49. The molecule has 0 aliphatic rings.